The lowest BCUT2D eigenvalue weighted by Crippen LogP contribution is -2.41. The topological polar surface area (TPSA) is 56.8 Å². The predicted molar refractivity (Wildman–Crippen MR) is 74.1 cm³/mol. The Hall–Kier alpha value is -1.72. The standard InChI is InChI=1S/C14H19N5/c1-3-7-12(8-4-1)14-13(16-18-17-14)11-15-19-9-5-2-6-10-19/h1,3-4,7-8,15H,2,5-6,9-11H2,(H,16,17,18). The number of hydrogen-bond acceptors (Lipinski definition) is 4. The molecule has 0 unspecified atom stereocenters. The molecule has 1 aliphatic rings. The van der Waals surface area contributed by atoms with E-state index in [2.05, 4.69) is 38.0 Å². The van der Waals surface area contributed by atoms with Crippen molar-refractivity contribution in [2.24, 2.45) is 0 Å². The van der Waals surface area contributed by atoms with Crippen molar-refractivity contribution in [2.45, 2.75) is 25.8 Å². The highest BCUT2D eigenvalue weighted by molar-refractivity contribution is 5.60. The molecule has 1 aromatic heterocycles. The fraction of sp³-hybridized carbons (Fsp3) is 0.429. The molecule has 1 saturated heterocycles. The van der Waals surface area contributed by atoms with Crippen molar-refractivity contribution >= 4 is 0 Å². The molecule has 1 fully saturated rings. The number of rotatable bonds is 4. The van der Waals surface area contributed by atoms with E-state index in [0.29, 0.717) is 0 Å². The van der Waals surface area contributed by atoms with Crippen molar-refractivity contribution in [1.29, 1.82) is 0 Å². The third-order valence-corrected chi connectivity index (χ3v) is 3.49. The number of benzene rings is 1. The van der Waals surface area contributed by atoms with Gasteiger partial charge in [0.1, 0.15) is 11.4 Å². The smallest absolute Gasteiger partial charge is 0.117 e. The summed E-state index contributed by atoms with van der Waals surface area (Å²) in [6.45, 7) is 2.97. The number of aromatic amines is 1. The molecule has 5 heteroatoms. The van der Waals surface area contributed by atoms with Gasteiger partial charge in [-0.1, -0.05) is 36.8 Å². The summed E-state index contributed by atoms with van der Waals surface area (Å²) in [6.07, 6.45) is 3.89. The fourth-order valence-corrected chi connectivity index (χ4v) is 2.44. The van der Waals surface area contributed by atoms with Crippen molar-refractivity contribution in [3.05, 3.63) is 36.0 Å². The molecule has 2 aromatic rings. The summed E-state index contributed by atoms with van der Waals surface area (Å²) in [5.74, 6) is 0. The Balaban J connectivity index is 1.67. The molecule has 0 saturated carbocycles. The van der Waals surface area contributed by atoms with Gasteiger partial charge in [-0.25, -0.2) is 10.4 Å². The number of nitrogens with one attached hydrogen (secondary N) is 2. The Bertz CT molecular complexity index is 502. The van der Waals surface area contributed by atoms with E-state index >= 15 is 0 Å². The number of aromatic nitrogens is 3. The molecule has 100 valence electrons. The van der Waals surface area contributed by atoms with Gasteiger partial charge in [-0.3, -0.25) is 0 Å². The van der Waals surface area contributed by atoms with E-state index in [1.165, 1.54) is 19.3 Å². The maximum absolute atomic E-state index is 4.26. The van der Waals surface area contributed by atoms with Gasteiger partial charge in [0.2, 0.25) is 0 Å². The second-order valence-electron chi connectivity index (χ2n) is 4.87. The molecule has 19 heavy (non-hydrogen) atoms. The quantitative estimate of drug-likeness (QED) is 0.879. The monoisotopic (exact) mass is 257 g/mol. The minimum atomic E-state index is 0.723. The van der Waals surface area contributed by atoms with Crippen LogP contribution in [0.5, 0.6) is 0 Å². The first-order valence-corrected chi connectivity index (χ1v) is 6.87. The van der Waals surface area contributed by atoms with Crippen LogP contribution < -0.4 is 5.43 Å². The lowest BCUT2D eigenvalue weighted by Gasteiger charge is -2.26. The SMILES string of the molecule is c1ccc(-c2n[nH]nc2CNN2CCCCC2)cc1. The Morgan fingerprint density at radius 3 is 2.63 bits per heavy atom. The van der Waals surface area contributed by atoms with Gasteiger partial charge < -0.3 is 0 Å². The van der Waals surface area contributed by atoms with E-state index in [4.69, 9.17) is 0 Å². The molecule has 2 heterocycles. The Morgan fingerprint density at radius 2 is 1.84 bits per heavy atom. The summed E-state index contributed by atoms with van der Waals surface area (Å²) in [5, 5.41) is 13.5. The highest BCUT2D eigenvalue weighted by Gasteiger charge is 2.13. The Labute approximate surface area is 113 Å². The Kier molecular flexibility index (Phi) is 3.86. The van der Waals surface area contributed by atoms with Crippen LogP contribution in [0.2, 0.25) is 0 Å². The number of hydrazine groups is 1. The van der Waals surface area contributed by atoms with E-state index < -0.39 is 0 Å². The van der Waals surface area contributed by atoms with E-state index in [0.717, 1.165) is 36.6 Å². The molecule has 2 N–H and O–H groups in total. The number of nitrogens with zero attached hydrogens (tertiary/aromatic N) is 3. The zero-order chi connectivity index (χ0) is 12.9. The van der Waals surface area contributed by atoms with Gasteiger partial charge in [0.05, 0.1) is 6.54 Å². The van der Waals surface area contributed by atoms with Crippen molar-refractivity contribution < 1.29 is 0 Å². The van der Waals surface area contributed by atoms with E-state index in [-0.39, 0.29) is 0 Å². The first-order valence-electron chi connectivity index (χ1n) is 6.87. The molecule has 3 rings (SSSR count). The van der Waals surface area contributed by atoms with Gasteiger partial charge in [0.25, 0.3) is 0 Å². The highest BCUT2D eigenvalue weighted by atomic mass is 15.5. The molecule has 0 spiro atoms. The third kappa shape index (κ3) is 3.00. The van der Waals surface area contributed by atoms with Gasteiger partial charge in [0, 0.05) is 18.7 Å². The van der Waals surface area contributed by atoms with E-state index in [1.807, 2.05) is 18.2 Å². The molecule has 1 aromatic carbocycles. The summed E-state index contributed by atoms with van der Waals surface area (Å²) < 4.78 is 0. The van der Waals surface area contributed by atoms with Crippen LogP contribution in [-0.4, -0.2) is 33.5 Å². The van der Waals surface area contributed by atoms with Gasteiger partial charge in [0.15, 0.2) is 0 Å². The first-order chi connectivity index (χ1) is 9.43. The Morgan fingerprint density at radius 1 is 1.05 bits per heavy atom. The lowest BCUT2D eigenvalue weighted by atomic mass is 10.1. The van der Waals surface area contributed by atoms with Gasteiger partial charge >= 0.3 is 0 Å². The summed E-state index contributed by atoms with van der Waals surface area (Å²) in [4.78, 5) is 0. The normalized spacial score (nSPS) is 16.6. The molecule has 0 aliphatic carbocycles. The summed E-state index contributed by atoms with van der Waals surface area (Å²) in [5.41, 5.74) is 6.45. The summed E-state index contributed by atoms with van der Waals surface area (Å²) >= 11 is 0. The molecular weight excluding hydrogens is 238 g/mol. The van der Waals surface area contributed by atoms with Crippen LogP contribution in [0.4, 0.5) is 0 Å². The van der Waals surface area contributed by atoms with Crippen LogP contribution in [0.1, 0.15) is 25.0 Å². The molecular formula is C14H19N5. The van der Waals surface area contributed by atoms with E-state index in [9.17, 15) is 0 Å². The minimum absolute atomic E-state index is 0.723. The average Bonchev–Trinajstić information content (AvgIpc) is 2.95. The van der Waals surface area contributed by atoms with Gasteiger partial charge in [-0.15, -0.1) is 0 Å². The minimum Gasteiger partial charge on any atom is -0.249 e. The fourth-order valence-electron chi connectivity index (χ4n) is 2.44. The van der Waals surface area contributed by atoms with Crippen molar-refractivity contribution in [3.63, 3.8) is 0 Å². The molecule has 0 atom stereocenters. The van der Waals surface area contributed by atoms with Crippen LogP contribution >= 0.6 is 0 Å². The van der Waals surface area contributed by atoms with Crippen LogP contribution in [0.15, 0.2) is 30.3 Å². The number of H-pyrrole nitrogens is 1. The molecule has 0 bridgehead atoms. The first kappa shape index (κ1) is 12.3. The largest absolute Gasteiger partial charge is 0.249 e. The van der Waals surface area contributed by atoms with Crippen molar-refractivity contribution in [1.82, 2.24) is 25.8 Å². The molecule has 5 nitrogen and oxygen atoms in total. The van der Waals surface area contributed by atoms with Crippen molar-refractivity contribution in [2.75, 3.05) is 13.1 Å². The van der Waals surface area contributed by atoms with Crippen molar-refractivity contribution in [3.8, 4) is 11.3 Å². The third-order valence-electron chi connectivity index (χ3n) is 3.49. The second-order valence-corrected chi connectivity index (χ2v) is 4.87. The van der Waals surface area contributed by atoms with Gasteiger partial charge in [-0.05, 0) is 12.8 Å². The second kappa shape index (κ2) is 5.95. The number of piperidine rings is 1. The summed E-state index contributed by atoms with van der Waals surface area (Å²) in [6, 6.07) is 10.2. The van der Waals surface area contributed by atoms with Crippen LogP contribution in [0.25, 0.3) is 11.3 Å². The predicted octanol–water partition coefficient (Wildman–Crippen LogP) is 1.96. The molecule has 0 amide bonds. The van der Waals surface area contributed by atoms with E-state index in [1.54, 1.807) is 0 Å². The zero-order valence-corrected chi connectivity index (χ0v) is 11.0. The zero-order valence-electron chi connectivity index (χ0n) is 11.0. The van der Waals surface area contributed by atoms with Crippen LogP contribution in [0.3, 0.4) is 0 Å². The summed E-state index contributed by atoms with van der Waals surface area (Å²) in [7, 11) is 0. The van der Waals surface area contributed by atoms with Gasteiger partial charge in [-0.2, -0.15) is 15.4 Å². The molecule has 1 aliphatic heterocycles. The number of hydrogen-bond donors (Lipinski definition) is 2. The van der Waals surface area contributed by atoms with Crippen LogP contribution in [-0.2, 0) is 6.54 Å². The maximum Gasteiger partial charge on any atom is 0.117 e. The van der Waals surface area contributed by atoms with Crippen LogP contribution in [0, 0.1) is 0 Å². The molecule has 0 radical (unpaired) electrons. The lowest BCUT2D eigenvalue weighted by molar-refractivity contribution is 0.150. The highest BCUT2D eigenvalue weighted by Crippen LogP contribution is 2.18. The maximum atomic E-state index is 4.26. The average molecular weight is 257 g/mol.